The van der Waals surface area contributed by atoms with Gasteiger partial charge in [-0.05, 0) is 50.2 Å². The Morgan fingerprint density at radius 3 is 2.80 bits per heavy atom. The van der Waals surface area contributed by atoms with E-state index in [1.165, 1.54) is 5.56 Å². The van der Waals surface area contributed by atoms with Gasteiger partial charge >= 0.3 is 0 Å². The second kappa shape index (κ2) is 6.81. The molecule has 0 saturated carbocycles. The van der Waals surface area contributed by atoms with Crippen molar-refractivity contribution >= 4 is 15.9 Å². The summed E-state index contributed by atoms with van der Waals surface area (Å²) in [6.45, 7) is 1.90. The minimum Gasteiger partial charge on any atom is -0.497 e. The second-order valence-corrected chi connectivity index (χ2v) is 5.39. The van der Waals surface area contributed by atoms with Gasteiger partial charge < -0.3 is 10.1 Å². The Labute approximate surface area is 127 Å². The lowest BCUT2D eigenvalue weighted by Gasteiger charge is -2.17. The van der Waals surface area contributed by atoms with Crippen molar-refractivity contribution in [2.24, 2.45) is 0 Å². The normalized spacial score (nSPS) is 12.2. The molecule has 0 aliphatic carbocycles. The minimum absolute atomic E-state index is 0.139. The van der Waals surface area contributed by atoms with E-state index in [0.717, 1.165) is 28.2 Å². The van der Waals surface area contributed by atoms with E-state index >= 15 is 0 Å². The number of halogens is 1. The molecule has 0 amide bonds. The highest BCUT2D eigenvalue weighted by Gasteiger charge is 2.14. The number of nitrogens with one attached hydrogen (secondary N) is 1. The maximum absolute atomic E-state index is 5.28. The van der Waals surface area contributed by atoms with Crippen LogP contribution >= 0.6 is 15.9 Å². The smallest absolute Gasteiger partial charge is 0.125 e. The Morgan fingerprint density at radius 1 is 1.35 bits per heavy atom. The van der Waals surface area contributed by atoms with Crippen LogP contribution in [0.15, 0.2) is 34.9 Å². The molecule has 0 radical (unpaired) electrons. The van der Waals surface area contributed by atoms with E-state index < -0.39 is 0 Å². The third-order valence-corrected chi connectivity index (χ3v) is 3.95. The van der Waals surface area contributed by atoms with E-state index in [9.17, 15) is 0 Å². The van der Waals surface area contributed by atoms with E-state index in [2.05, 4.69) is 31.2 Å². The molecule has 0 spiro atoms. The van der Waals surface area contributed by atoms with E-state index in [-0.39, 0.29) is 6.04 Å². The van der Waals surface area contributed by atoms with Crippen LogP contribution in [0.1, 0.15) is 23.1 Å². The number of rotatable bonds is 5. The van der Waals surface area contributed by atoms with Gasteiger partial charge in [-0.2, -0.15) is 0 Å². The Morgan fingerprint density at radius 2 is 2.15 bits per heavy atom. The van der Waals surface area contributed by atoms with E-state index in [4.69, 9.17) is 4.74 Å². The lowest BCUT2D eigenvalue weighted by molar-refractivity contribution is 0.413. The molecule has 0 fully saturated rings. The number of ether oxygens (including phenoxy) is 1. The molecule has 106 valence electrons. The van der Waals surface area contributed by atoms with Gasteiger partial charge in [0.05, 0.1) is 18.8 Å². The molecule has 2 aromatic rings. The van der Waals surface area contributed by atoms with E-state index in [1.807, 2.05) is 38.2 Å². The van der Waals surface area contributed by atoms with Gasteiger partial charge in [-0.1, -0.05) is 15.9 Å². The van der Waals surface area contributed by atoms with Gasteiger partial charge in [0.1, 0.15) is 11.6 Å². The average molecular weight is 336 g/mol. The molecule has 4 nitrogen and oxygen atoms in total. The van der Waals surface area contributed by atoms with Crippen LogP contribution in [-0.4, -0.2) is 24.1 Å². The van der Waals surface area contributed by atoms with Gasteiger partial charge in [0, 0.05) is 10.7 Å². The molecule has 0 bridgehead atoms. The third kappa shape index (κ3) is 3.55. The SMILES string of the molecule is CNC(Cc1cc(OC)ccc1Br)c1ccnc(C)n1. The predicted molar refractivity (Wildman–Crippen MR) is 83.0 cm³/mol. The van der Waals surface area contributed by atoms with Crippen LogP contribution in [0.4, 0.5) is 0 Å². The zero-order chi connectivity index (χ0) is 14.5. The first kappa shape index (κ1) is 14.9. The van der Waals surface area contributed by atoms with Crippen molar-refractivity contribution in [2.75, 3.05) is 14.2 Å². The largest absolute Gasteiger partial charge is 0.497 e. The number of methoxy groups -OCH3 is 1. The van der Waals surface area contributed by atoms with Crippen molar-refractivity contribution in [3.05, 3.63) is 52.0 Å². The summed E-state index contributed by atoms with van der Waals surface area (Å²) in [7, 11) is 3.62. The number of hydrogen-bond acceptors (Lipinski definition) is 4. The molecule has 5 heteroatoms. The summed E-state index contributed by atoms with van der Waals surface area (Å²) in [5.74, 6) is 1.64. The zero-order valence-corrected chi connectivity index (χ0v) is 13.4. The minimum atomic E-state index is 0.139. The first-order chi connectivity index (χ1) is 9.63. The molecule has 1 atom stereocenters. The third-order valence-electron chi connectivity index (χ3n) is 3.18. The summed E-state index contributed by atoms with van der Waals surface area (Å²) in [6, 6.07) is 8.08. The van der Waals surface area contributed by atoms with Gasteiger partial charge in [-0.25, -0.2) is 9.97 Å². The van der Waals surface area contributed by atoms with Crippen LogP contribution in [0.2, 0.25) is 0 Å². The summed E-state index contributed by atoms with van der Waals surface area (Å²) in [4.78, 5) is 8.63. The predicted octanol–water partition coefficient (Wildman–Crippen LogP) is 3.06. The van der Waals surface area contributed by atoms with Crippen molar-refractivity contribution in [2.45, 2.75) is 19.4 Å². The fourth-order valence-electron chi connectivity index (χ4n) is 2.08. The molecule has 1 N–H and O–H groups in total. The van der Waals surface area contributed by atoms with Crippen LogP contribution in [-0.2, 0) is 6.42 Å². The van der Waals surface area contributed by atoms with E-state index in [1.54, 1.807) is 13.3 Å². The molecule has 0 saturated heterocycles. The number of nitrogens with zero attached hydrogens (tertiary/aromatic N) is 2. The van der Waals surface area contributed by atoms with Gasteiger partial charge in [-0.3, -0.25) is 0 Å². The fourth-order valence-corrected chi connectivity index (χ4v) is 2.49. The second-order valence-electron chi connectivity index (χ2n) is 4.53. The van der Waals surface area contributed by atoms with Gasteiger partial charge in [0.15, 0.2) is 0 Å². The summed E-state index contributed by atoms with van der Waals surface area (Å²) < 4.78 is 6.36. The number of likely N-dealkylation sites (N-methyl/N-ethyl adjacent to an activating group) is 1. The molecule has 2 rings (SSSR count). The van der Waals surface area contributed by atoms with Gasteiger partial charge in [0.2, 0.25) is 0 Å². The van der Waals surface area contributed by atoms with Gasteiger partial charge in [0.25, 0.3) is 0 Å². The van der Waals surface area contributed by atoms with Crippen molar-refractivity contribution in [3.8, 4) is 5.75 Å². The summed E-state index contributed by atoms with van der Waals surface area (Å²) in [5, 5.41) is 3.31. The standard InChI is InChI=1S/C15H18BrN3O/c1-10-18-7-6-14(19-10)15(17-2)9-11-8-12(20-3)4-5-13(11)16/h4-8,15,17H,9H2,1-3H3. The highest BCUT2D eigenvalue weighted by molar-refractivity contribution is 9.10. The highest BCUT2D eigenvalue weighted by atomic mass is 79.9. The summed E-state index contributed by atoms with van der Waals surface area (Å²) in [6.07, 6.45) is 2.62. The zero-order valence-electron chi connectivity index (χ0n) is 11.9. The fraction of sp³-hybridized carbons (Fsp3) is 0.333. The Bertz CT molecular complexity index is 589. The molecule has 0 aliphatic rings. The first-order valence-electron chi connectivity index (χ1n) is 6.43. The summed E-state index contributed by atoms with van der Waals surface area (Å²) >= 11 is 3.59. The average Bonchev–Trinajstić information content (AvgIpc) is 2.46. The highest BCUT2D eigenvalue weighted by Crippen LogP contribution is 2.26. The van der Waals surface area contributed by atoms with Crippen LogP contribution in [0, 0.1) is 6.92 Å². The Balaban J connectivity index is 2.26. The van der Waals surface area contributed by atoms with Crippen molar-refractivity contribution in [1.29, 1.82) is 0 Å². The van der Waals surface area contributed by atoms with Crippen LogP contribution < -0.4 is 10.1 Å². The number of aryl methyl sites for hydroxylation is 1. The lowest BCUT2D eigenvalue weighted by atomic mass is 10.0. The van der Waals surface area contributed by atoms with Crippen LogP contribution in [0.25, 0.3) is 0 Å². The van der Waals surface area contributed by atoms with Crippen molar-refractivity contribution in [1.82, 2.24) is 15.3 Å². The molecule has 1 aromatic carbocycles. The lowest BCUT2D eigenvalue weighted by Crippen LogP contribution is -2.20. The van der Waals surface area contributed by atoms with E-state index in [0.29, 0.717) is 0 Å². The number of benzene rings is 1. The van der Waals surface area contributed by atoms with Crippen molar-refractivity contribution < 1.29 is 4.74 Å². The maximum Gasteiger partial charge on any atom is 0.125 e. The monoisotopic (exact) mass is 335 g/mol. The molecule has 1 aromatic heterocycles. The molecule has 20 heavy (non-hydrogen) atoms. The number of aromatic nitrogens is 2. The first-order valence-corrected chi connectivity index (χ1v) is 7.22. The molecule has 1 unspecified atom stereocenters. The quantitative estimate of drug-likeness (QED) is 0.912. The van der Waals surface area contributed by atoms with Gasteiger partial charge in [-0.15, -0.1) is 0 Å². The van der Waals surface area contributed by atoms with Crippen LogP contribution in [0.5, 0.6) is 5.75 Å². The Kier molecular flexibility index (Phi) is 5.09. The molecule has 0 aliphatic heterocycles. The van der Waals surface area contributed by atoms with Crippen LogP contribution in [0.3, 0.4) is 0 Å². The molecular weight excluding hydrogens is 318 g/mol. The topological polar surface area (TPSA) is 47.0 Å². The Hall–Kier alpha value is -1.46. The maximum atomic E-state index is 5.28. The summed E-state index contributed by atoms with van der Waals surface area (Å²) in [5.41, 5.74) is 2.18. The van der Waals surface area contributed by atoms with Crippen molar-refractivity contribution in [3.63, 3.8) is 0 Å². The molecule has 1 heterocycles. The molecular formula is C15H18BrN3O. The number of hydrogen-bond donors (Lipinski definition) is 1.